The second kappa shape index (κ2) is 5.26. The molecule has 0 N–H and O–H groups in total. The summed E-state index contributed by atoms with van der Waals surface area (Å²) in [4.78, 5) is 25.9. The van der Waals surface area contributed by atoms with E-state index >= 15 is 0 Å². The molecule has 1 aromatic heterocycles. The molecule has 2 aromatic rings. The van der Waals surface area contributed by atoms with Gasteiger partial charge in [0.15, 0.2) is 5.78 Å². The molecule has 0 spiro atoms. The van der Waals surface area contributed by atoms with Crippen LogP contribution in [0, 0.1) is 0 Å². The quantitative estimate of drug-likeness (QED) is 0.794. The molecule has 100 valence electrons. The minimum Gasteiger partial charge on any atom is -0.330 e. The van der Waals surface area contributed by atoms with Gasteiger partial charge in [-0.05, 0) is 18.6 Å². The lowest BCUT2D eigenvalue weighted by molar-refractivity contribution is 0.0973. The summed E-state index contributed by atoms with van der Waals surface area (Å²) in [7, 11) is 3.37. The van der Waals surface area contributed by atoms with E-state index in [0.717, 1.165) is 17.3 Å². The van der Waals surface area contributed by atoms with Crippen molar-refractivity contribution in [2.75, 3.05) is 14.1 Å². The van der Waals surface area contributed by atoms with Gasteiger partial charge in [-0.15, -0.1) is 0 Å². The highest BCUT2D eigenvalue weighted by Gasteiger charge is 2.20. The summed E-state index contributed by atoms with van der Waals surface area (Å²) >= 11 is 0. The van der Waals surface area contributed by atoms with E-state index in [1.165, 1.54) is 9.47 Å². The van der Waals surface area contributed by atoms with Crippen LogP contribution in [-0.2, 0) is 0 Å². The van der Waals surface area contributed by atoms with Crippen molar-refractivity contribution >= 4 is 22.7 Å². The lowest BCUT2D eigenvalue weighted by Crippen LogP contribution is -2.29. The third-order valence-corrected chi connectivity index (χ3v) is 3.05. The van der Waals surface area contributed by atoms with Gasteiger partial charge in [0.05, 0.1) is 11.2 Å². The summed E-state index contributed by atoms with van der Waals surface area (Å²) in [6, 6.07) is 9.16. The fourth-order valence-electron chi connectivity index (χ4n) is 2.12. The first-order valence-corrected chi connectivity index (χ1v) is 6.41. The summed E-state index contributed by atoms with van der Waals surface area (Å²) in [5, 5.41) is 0.914. The third-order valence-electron chi connectivity index (χ3n) is 3.05. The maximum absolute atomic E-state index is 12.3. The Morgan fingerprint density at radius 1 is 1.21 bits per heavy atom. The SMILES string of the molecule is CCCC(=O)c1cc2ccccc2n1C(=O)N(C)C. The summed E-state index contributed by atoms with van der Waals surface area (Å²) in [6.07, 6.45) is 1.23. The van der Waals surface area contributed by atoms with E-state index in [-0.39, 0.29) is 11.8 Å². The zero-order valence-electron chi connectivity index (χ0n) is 11.5. The lowest BCUT2D eigenvalue weighted by atomic mass is 10.2. The van der Waals surface area contributed by atoms with E-state index in [4.69, 9.17) is 0 Å². The number of carbonyl (C=O) groups excluding carboxylic acids is 2. The van der Waals surface area contributed by atoms with Gasteiger partial charge in [0.25, 0.3) is 0 Å². The van der Waals surface area contributed by atoms with Crippen LogP contribution in [0.15, 0.2) is 30.3 Å². The molecule has 2 rings (SSSR count). The molecule has 19 heavy (non-hydrogen) atoms. The van der Waals surface area contributed by atoms with Crippen LogP contribution in [0.25, 0.3) is 10.9 Å². The fraction of sp³-hybridized carbons (Fsp3) is 0.333. The normalized spacial score (nSPS) is 10.7. The second-order valence-corrected chi connectivity index (χ2v) is 4.77. The van der Waals surface area contributed by atoms with E-state index in [0.29, 0.717) is 12.1 Å². The van der Waals surface area contributed by atoms with Gasteiger partial charge < -0.3 is 4.90 Å². The third kappa shape index (κ3) is 2.38. The Morgan fingerprint density at radius 2 is 1.89 bits per heavy atom. The molecular formula is C15H18N2O2. The summed E-state index contributed by atoms with van der Waals surface area (Å²) in [5.74, 6) is 0.00824. The van der Waals surface area contributed by atoms with Crippen LogP contribution in [0.3, 0.4) is 0 Å². The van der Waals surface area contributed by atoms with E-state index < -0.39 is 0 Å². The van der Waals surface area contributed by atoms with Crippen LogP contribution in [0.5, 0.6) is 0 Å². The minimum absolute atomic E-state index is 0.00824. The molecule has 4 nitrogen and oxygen atoms in total. The Bertz CT molecular complexity index is 626. The number of ketones is 1. The number of hydrogen-bond acceptors (Lipinski definition) is 2. The van der Waals surface area contributed by atoms with Crippen molar-refractivity contribution in [2.24, 2.45) is 0 Å². The van der Waals surface area contributed by atoms with Crippen LogP contribution in [-0.4, -0.2) is 35.4 Å². The van der Waals surface area contributed by atoms with Crippen molar-refractivity contribution in [1.82, 2.24) is 9.47 Å². The second-order valence-electron chi connectivity index (χ2n) is 4.77. The van der Waals surface area contributed by atoms with Gasteiger partial charge in [0, 0.05) is 25.9 Å². The van der Waals surface area contributed by atoms with Crippen molar-refractivity contribution in [3.05, 3.63) is 36.0 Å². The average molecular weight is 258 g/mol. The molecule has 0 unspecified atom stereocenters. The minimum atomic E-state index is -0.194. The number of fused-ring (bicyclic) bond motifs is 1. The molecule has 0 atom stereocenters. The Balaban J connectivity index is 2.65. The lowest BCUT2D eigenvalue weighted by Gasteiger charge is -2.14. The van der Waals surface area contributed by atoms with E-state index in [9.17, 15) is 9.59 Å². The summed E-state index contributed by atoms with van der Waals surface area (Å²) in [5.41, 5.74) is 1.25. The van der Waals surface area contributed by atoms with E-state index in [1.54, 1.807) is 20.2 Å². The van der Waals surface area contributed by atoms with Crippen LogP contribution in [0.2, 0.25) is 0 Å². The van der Waals surface area contributed by atoms with Crippen LogP contribution >= 0.6 is 0 Å². The molecule has 1 amide bonds. The highest BCUT2D eigenvalue weighted by atomic mass is 16.2. The van der Waals surface area contributed by atoms with E-state index in [2.05, 4.69) is 0 Å². The zero-order chi connectivity index (χ0) is 14.0. The maximum Gasteiger partial charge on any atom is 0.328 e. The molecule has 0 aliphatic heterocycles. The van der Waals surface area contributed by atoms with E-state index in [1.807, 2.05) is 31.2 Å². The predicted molar refractivity (Wildman–Crippen MR) is 75.7 cm³/mol. The highest BCUT2D eigenvalue weighted by molar-refractivity contribution is 6.05. The largest absolute Gasteiger partial charge is 0.330 e. The van der Waals surface area contributed by atoms with Crippen LogP contribution in [0.1, 0.15) is 30.3 Å². The van der Waals surface area contributed by atoms with Crippen LogP contribution in [0.4, 0.5) is 4.79 Å². The number of benzene rings is 1. The zero-order valence-corrected chi connectivity index (χ0v) is 11.5. The number of Topliss-reactive ketones (excluding diaryl/α,β-unsaturated/α-hetero) is 1. The smallest absolute Gasteiger partial charge is 0.328 e. The predicted octanol–water partition coefficient (Wildman–Crippen LogP) is 3.15. The van der Waals surface area contributed by atoms with Crippen molar-refractivity contribution in [3.63, 3.8) is 0 Å². The van der Waals surface area contributed by atoms with Crippen LogP contribution < -0.4 is 0 Å². The molecule has 0 aliphatic carbocycles. The highest BCUT2D eigenvalue weighted by Crippen LogP contribution is 2.21. The Labute approximate surface area is 112 Å². The first kappa shape index (κ1) is 13.3. The molecule has 0 saturated heterocycles. The number of hydrogen-bond donors (Lipinski definition) is 0. The Hall–Kier alpha value is -2.10. The Kier molecular flexibility index (Phi) is 3.69. The van der Waals surface area contributed by atoms with Crippen molar-refractivity contribution in [3.8, 4) is 0 Å². The summed E-state index contributed by atoms with van der Waals surface area (Å²) in [6.45, 7) is 1.96. The number of amides is 1. The number of nitrogens with zero attached hydrogens (tertiary/aromatic N) is 2. The molecule has 1 aromatic carbocycles. The first-order valence-electron chi connectivity index (χ1n) is 6.41. The first-order chi connectivity index (χ1) is 9.06. The van der Waals surface area contributed by atoms with Gasteiger partial charge in [0.2, 0.25) is 0 Å². The average Bonchev–Trinajstić information content (AvgIpc) is 2.77. The van der Waals surface area contributed by atoms with Crippen molar-refractivity contribution in [1.29, 1.82) is 0 Å². The summed E-state index contributed by atoms with van der Waals surface area (Å²) < 4.78 is 1.51. The van der Waals surface area contributed by atoms with Gasteiger partial charge in [-0.3, -0.25) is 9.36 Å². The number of aromatic nitrogens is 1. The molecule has 4 heteroatoms. The Morgan fingerprint density at radius 3 is 2.53 bits per heavy atom. The van der Waals surface area contributed by atoms with Gasteiger partial charge in [0.1, 0.15) is 0 Å². The van der Waals surface area contributed by atoms with Crippen molar-refractivity contribution in [2.45, 2.75) is 19.8 Å². The maximum atomic E-state index is 12.3. The van der Waals surface area contributed by atoms with Gasteiger partial charge in [-0.25, -0.2) is 4.79 Å². The number of para-hydroxylation sites is 1. The molecular weight excluding hydrogens is 240 g/mol. The van der Waals surface area contributed by atoms with Crippen molar-refractivity contribution < 1.29 is 9.59 Å². The monoisotopic (exact) mass is 258 g/mol. The molecule has 1 heterocycles. The van der Waals surface area contributed by atoms with Gasteiger partial charge in [-0.2, -0.15) is 0 Å². The standard InChI is InChI=1S/C15H18N2O2/c1-4-7-14(18)13-10-11-8-5-6-9-12(11)17(13)15(19)16(2)3/h5-6,8-10H,4,7H2,1-3H3. The molecule has 0 fully saturated rings. The number of rotatable bonds is 3. The molecule has 0 aliphatic rings. The number of carbonyl (C=O) groups is 2. The topological polar surface area (TPSA) is 42.3 Å². The molecule has 0 bridgehead atoms. The van der Waals surface area contributed by atoms with Gasteiger partial charge in [-0.1, -0.05) is 25.1 Å². The molecule has 0 radical (unpaired) electrons. The van der Waals surface area contributed by atoms with Gasteiger partial charge >= 0.3 is 6.03 Å². The molecule has 0 saturated carbocycles. The fourth-order valence-corrected chi connectivity index (χ4v) is 2.12.